The summed E-state index contributed by atoms with van der Waals surface area (Å²) in [4.78, 5) is 15.9. The number of carbonyl (C=O) groups excluding carboxylic acids is 1. The van der Waals surface area contributed by atoms with Gasteiger partial charge >= 0.3 is 5.97 Å². The van der Waals surface area contributed by atoms with Crippen LogP contribution in [0.15, 0.2) is 42.9 Å². The lowest BCUT2D eigenvalue weighted by atomic mass is 9.77. The Morgan fingerprint density at radius 2 is 2.12 bits per heavy atom. The molecule has 5 rings (SSSR count). The van der Waals surface area contributed by atoms with E-state index in [1.165, 1.54) is 13.3 Å². The Morgan fingerprint density at radius 1 is 1.27 bits per heavy atom. The summed E-state index contributed by atoms with van der Waals surface area (Å²) in [5, 5.41) is 22.0. The number of methoxy groups -OCH3 is 1. The lowest BCUT2D eigenvalue weighted by Crippen LogP contribution is -2.27. The lowest BCUT2D eigenvalue weighted by Gasteiger charge is -2.34. The lowest BCUT2D eigenvalue weighted by molar-refractivity contribution is -0.141. The topological polar surface area (TPSA) is 137 Å². The first-order valence-electron chi connectivity index (χ1n) is 10.7. The molecule has 0 aliphatic heterocycles. The molecule has 1 saturated carbocycles. The number of fused-ring (bicyclic) bond motifs is 1. The van der Waals surface area contributed by atoms with Crippen LogP contribution >= 0.6 is 0 Å². The standard InChI is InChI=1S/C23H22N8O2/c1-33-23(32)5-2-14-6-17(7-14)30-13-21(28-29-30)18-12-26-20(9-19(18)25)22-4-3-16-8-15(10-24)11-27-31(16)22/h3-4,8-9,11-14,17H,2,5-7H2,1H3,(H2,25,26). The highest BCUT2D eigenvalue weighted by Gasteiger charge is 2.31. The smallest absolute Gasteiger partial charge is 0.305 e. The number of pyridine rings is 1. The van der Waals surface area contributed by atoms with Crippen LogP contribution in [0.5, 0.6) is 0 Å². The third kappa shape index (κ3) is 3.89. The van der Waals surface area contributed by atoms with Crippen LogP contribution in [0.3, 0.4) is 0 Å². The number of nitrogen functional groups attached to an aromatic ring is 1. The van der Waals surface area contributed by atoms with Gasteiger partial charge in [0.1, 0.15) is 11.8 Å². The minimum atomic E-state index is -0.163. The summed E-state index contributed by atoms with van der Waals surface area (Å²) in [6, 6.07) is 9.72. The summed E-state index contributed by atoms with van der Waals surface area (Å²) in [5.41, 5.74) is 11.0. The molecular formula is C23H22N8O2. The predicted molar refractivity (Wildman–Crippen MR) is 120 cm³/mol. The summed E-state index contributed by atoms with van der Waals surface area (Å²) >= 11 is 0. The normalized spacial score (nSPS) is 17.5. The van der Waals surface area contributed by atoms with Crippen molar-refractivity contribution in [2.45, 2.75) is 31.7 Å². The molecule has 0 amide bonds. The van der Waals surface area contributed by atoms with Gasteiger partial charge in [-0.3, -0.25) is 9.78 Å². The van der Waals surface area contributed by atoms with Crippen molar-refractivity contribution in [2.24, 2.45) is 5.92 Å². The van der Waals surface area contributed by atoms with E-state index in [0.29, 0.717) is 40.5 Å². The summed E-state index contributed by atoms with van der Waals surface area (Å²) < 4.78 is 8.30. The van der Waals surface area contributed by atoms with E-state index in [1.54, 1.807) is 22.8 Å². The highest BCUT2D eigenvalue weighted by Crippen LogP contribution is 2.40. The van der Waals surface area contributed by atoms with Crippen LogP contribution in [0.2, 0.25) is 0 Å². The minimum Gasteiger partial charge on any atom is -0.469 e. The van der Waals surface area contributed by atoms with Crippen LogP contribution < -0.4 is 5.73 Å². The number of ether oxygens (including phenoxy) is 1. The molecule has 0 atom stereocenters. The van der Waals surface area contributed by atoms with Crippen LogP contribution in [0, 0.1) is 17.2 Å². The molecule has 0 spiro atoms. The number of aromatic nitrogens is 6. The van der Waals surface area contributed by atoms with E-state index in [2.05, 4.69) is 26.5 Å². The zero-order chi connectivity index (χ0) is 22.9. The zero-order valence-corrected chi connectivity index (χ0v) is 18.0. The largest absolute Gasteiger partial charge is 0.469 e. The fraction of sp³-hybridized carbons (Fsp3) is 0.304. The molecule has 4 aromatic rings. The van der Waals surface area contributed by atoms with Crippen molar-refractivity contribution in [1.29, 1.82) is 5.26 Å². The average Bonchev–Trinajstić information content (AvgIpc) is 3.44. The molecular weight excluding hydrogens is 420 g/mol. The maximum Gasteiger partial charge on any atom is 0.305 e. The van der Waals surface area contributed by atoms with E-state index < -0.39 is 0 Å². The van der Waals surface area contributed by atoms with Crippen LogP contribution in [0.1, 0.15) is 37.3 Å². The number of anilines is 1. The summed E-state index contributed by atoms with van der Waals surface area (Å²) in [6.07, 6.45) is 8.34. The molecule has 4 aromatic heterocycles. The summed E-state index contributed by atoms with van der Waals surface area (Å²) in [7, 11) is 1.42. The molecule has 0 radical (unpaired) electrons. The molecule has 0 unspecified atom stereocenters. The Hall–Kier alpha value is -4.26. The van der Waals surface area contributed by atoms with Gasteiger partial charge in [-0.15, -0.1) is 5.10 Å². The molecule has 0 aromatic carbocycles. The van der Waals surface area contributed by atoms with Gasteiger partial charge in [0, 0.05) is 23.9 Å². The van der Waals surface area contributed by atoms with Crippen molar-refractivity contribution >= 4 is 17.2 Å². The minimum absolute atomic E-state index is 0.163. The summed E-state index contributed by atoms with van der Waals surface area (Å²) in [6.45, 7) is 0. The Kier molecular flexibility index (Phi) is 5.22. The maximum absolute atomic E-state index is 11.3. The average molecular weight is 442 g/mol. The first-order chi connectivity index (χ1) is 16.1. The molecule has 4 heterocycles. The predicted octanol–water partition coefficient (Wildman–Crippen LogP) is 3.01. The van der Waals surface area contributed by atoms with Gasteiger partial charge in [-0.05, 0) is 49.4 Å². The van der Waals surface area contributed by atoms with Gasteiger partial charge in [-0.2, -0.15) is 10.4 Å². The van der Waals surface area contributed by atoms with Gasteiger partial charge in [-0.1, -0.05) is 5.21 Å². The maximum atomic E-state index is 11.3. The number of nitriles is 1. The van der Waals surface area contributed by atoms with Crippen molar-refractivity contribution in [3.8, 4) is 28.7 Å². The molecule has 0 bridgehead atoms. The quantitative estimate of drug-likeness (QED) is 0.450. The van der Waals surface area contributed by atoms with Crippen LogP contribution in [-0.4, -0.2) is 42.7 Å². The van der Waals surface area contributed by atoms with Crippen molar-refractivity contribution < 1.29 is 9.53 Å². The fourth-order valence-electron chi connectivity index (χ4n) is 4.23. The van der Waals surface area contributed by atoms with Gasteiger partial charge in [0.25, 0.3) is 0 Å². The molecule has 10 nitrogen and oxygen atoms in total. The van der Waals surface area contributed by atoms with E-state index in [4.69, 9.17) is 15.7 Å². The van der Waals surface area contributed by atoms with Crippen LogP contribution in [0.4, 0.5) is 5.69 Å². The van der Waals surface area contributed by atoms with Gasteiger partial charge in [0.2, 0.25) is 0 Å². The summed E-state index contributed by atoms with van der Waals surface area (Å²) in [5.74, 6) is 0.339. The number of esters is 1. The third-order valence-corrected chi connectivity index (χ3v) is 6.18. The molecule has 1 aliphatic carbocycles. The molecule has 10 heteroatoms. The Labute approximate surface area is 189 Å². The molecule has 1 aliphatic rings. The number of rotatable bonds is 6. The second kappa shape index (κ2) is 8.35. The highest BCUT2D eigenvalue weighted by molar-refractivity contribution is 5.77. The van der Waals surface area contributed by atoms with Crippen LogP contribution in [-0.2, 0) is 9.53 Å². The first kappa shape index (κ1) is 20.6. The molecule has 2 N–H and O–H groups in total. The van der Waals surface area contributed by atoms with E-state index in [9.17, 15) is 4.79 Å². The Morgan fingerprint density at radius 3 is 2.88 bits per heavy atom. The van der Waals surface area contributed by atoms with Crippen molar-refractivity contribution in [3.63, 3.8) is 0 Å². The van der Waals surface area contributed by atoms with Crippen molar-refractivity contribution in [2.75, 3.05) is 12.8 Å². The van der Waals surface area contributed by atoms with Crippen molar-refractivity contribution in [1.82, 2.24) is 29.6 Å². The second-order valence-electron chi connectivity index (χ2n) is 8.26. The van der Waals surface area contributed by atoms with E-state index in [0.717, 1.165) is 30.5 Å². The fourth-order valence-corrected chi connectivity index (χ4v) is 4.23. The van der Waals surface area contributed by atoms with Crippen molar-refractivity contribution in [3.05, 3.63) is 48.4 Å². The second-order valence-corrected chi connectivity index (χ2v) is 8.26. The van der Waals surface area contributed by atoms with Gasteiger partial charge in [-0.25, -0.2) is 9.20 Å². The number of nitrogens with zero attached hydrogens (tertiary/aromatic N) is 7. The van der Waals surface area contributed by atoms with Crippen LogP contribution in [0.25, 0.3) is 28.2 Å². The van der Waals surface area contributed by atoms with E-state index >= 15 is 0 Å². The third-order valence-electron chi connectivity index (χ3n) is 6.18. The zero-order valence-electron chi connectivity index (χ0n) is 18.0. The molecule has 0 saturated heterocycles. The Balaban J connectivity index is 1.31. The Bertz CT molecular complexity index is 1380. The number of carbonyl (C=O) groups is 1. The number of hydrogen-bond donors (Lipinski definition) is 1. The van der Waals surface area contributed by atoms with E-state index in [-0.39, 0.29) is 12.0 Å². The van der Waals surface area contributed by atoms with Gasteiger partial charge in [0.15, 0.2) is 0 Å². The molecule has 33 heavy (non-hydrogen) atoms. The monoisotopic (exact) mass is 442 g/mol. The van der Waals surface area contributed by atoms with Gasteiger partial charge in [0.05, 0.1) is 48.0 Å². The van der Waals surface area contributed by atoms with Gasteiger partial charge < -0.3 is 10.5 Å². The molecule has 166 valence electrons. The number of nitrogens with two attached hydrogens (primary N) is 1. The number of hydrogen-bond acceptors (Lipinski definition) is 8. The van der Waals surface area contributed by atoms with E-state index in [1.807, 2.05) is 23.0 Å². The molecule has 1 fully saturated rings. The first-order valence-corrected chi connectivity index (χ1v) is 10.7. The SMILES string of the molecule is COC(=O)CCC1CC(n2cc(-c3cnc(-c4ccc5cc(C#N)cnn45)cc3N)nn2)C1. The highest BCUT2D eigenvalue weighted by atomic mass is 16.5.